The Morgan fingerprint density at radius 1 is 0.330 bits per heavy atom. The van der Waals surface area contributed by atoms with Crippen molar-refractivity contribution in [2.75, 3.05) is 14.7 Å². The molecule has 0 radical (unpaired) electrons. The number of fused-ring (bicyclic) bond motifs is 13. The molecule has 0 saturated heterocycles. The second-order valence-electron chi connectivity index (χ2n) is 36.3. The standard InChI is InChI=1S/C84H102BN3/c1-74(2,3)52-26-31-68-65(42-52)83(20)33-32-51-24-22-23-25-56(51)84(83,21)88(68)55-45-71-73-72(46-55)87(54-28-30-58-60(44-54)78(10,11)37-35-76(58,6)7)70-50-64-62(80(14,15)39-41-82(64,18)19)48-67(70)85(73)66-47-61-63(81(16,17)40-38-79(61,12)13)49-69(66)86(71)53-27-29-57-59(43-53)77(8,9)36-34-75(57,4)5/h22-31,42-50H,32-41H2,1-21H3. The Bertz CT molecular complexity index is 3970. The predicted molar refractivity (Wildman–Crippen MR) is 378 cm³/mol. The summed E-state index contributed by atoms with van der Waals surface area (Å²) in [6.45, 7) is 52.8. The quantitative estimate of drug-likeness (QED) is 0.163. The number of rotatable bonds is 3. The molecule has 3 aliphatic heterocycles. The molecule has 3 nitrogen and oxygen atoms in total. The van der Waals surface area contributed by atoms with E-state index in [0.29, 0.717) is 0 Å². The van der Waals surface area contributed by atoms with E-state index in [-0.39, 0.29) is 60.9 Å². The largest absolute Gasteiger partial charge is 0.330 e. The molecule has 3 heterocycles. The van der Waals surface area contributed by atoms with Crippen molar-refractivity contribution in [3.8, 4) is 0 Å². The highest BCUT2D eigenvalue weighted by molar-refractivity contribution is 7.00. The number of aryl methyl sites for hydroxylation is 1. The van der Waals surface area contributed by atoms with Gasteiger partial charge in [0.25, 0.3) is 6.71 Å². The average molecular weight is 1160 g/mol. The van der Waals surface area contributed by atoms with Crippen LogP contribution in [0.1, 0.15) is 270 Å². The van der Waals surface area contributed by atoms with Crippen LogP contribution in [0, 0.1) is 0 Å². The van der Waals surface area contributed by atoms with Gasteiger partial charge in [-0.05, 0) is 258 Å². The summed E-state index contributed by atoms with van der Waals surface area (Å²) in [6, 6.07) is 49.2. The van der Waals surface area contributed by atoms with Gasteiger partial charge in [0.2, 0.25) is 0 Å². The van der Waals surface area contributed by atoms with Crippen LogP contribution in [-0.4, -0.2) is 6.71 Å². The van der Waals surface area contributed by atoms with Crippen LogP contribution in [-0.2, 0) is 66.1 Å². The first kappa shape index (κ1) is 58.4. The Labute approximate surface area is 531 Å². The lowest BCUT2D eigenvalue weighted by Crippen LogP contribution is -2.62. The molecule has 88 heavy (non-hydrogen) atoms. The van der Waals surface area contributed by atoms with Gasteiger partial charge < -0.3 is 14.7 Å². The van der Waals surface area contributed by atoms with Crippen molar-refractivity contribution in [2.45, 2.75) is 269 Å². The third kappa shape index (κ3) is 7.93. The topological polar surface area (TPSA) is 9.72 Å². The van der Waals surface area contributed by atoms with Gasteiger partial charge in [0, 0.05) is 50.9 Å². The van der Waals surface area contributed by atoms with E-state index in [4.69, 9.17) is 0 Å². The molecular formula is C84H102BN3. The zero-order valence-corrected chi connectivity index (χ0v) is 58.0. The maximum atomic E-state index is 2.88. The fourth-order valence-corrected chi connectivity index (χ4v) is 19.4. The van der Waals surface area contributed by atoms with E-state index in [9.17, 15) is 0 Å². The normalized spacial score (nSPS) is 25.1. The minimum atomic E-state index is -0.415. The zero-order valence-electron chi connectivity index (χ0n) is 58.0. The summed E-state index contributed by atoms with van der Waals surface area (Å²) >= 11 is 0. The van der Waals surface area contributed by atoms with E-state index in [1.54, 1.807) is 0 Å². The number of hydrogen-bond acceptors (Lipinski definition) is 3. The average Bonchev–Trinajstić information content (AvgIpc) is 1.22. The van der Waals surface area contributed by atoms with Gasteiger partial charge >= 0.3 is 0 Å². The van der Waals surface area contributed by atoms with Crippen molar-refractivity contribution < 1.29 is 0 Å². The van der Waals surface area contributed by atoms with Gasteiger partial charge in [-0.15, -0.1) is 0 Å². The highest BCUT2D eigenvalue weighted by Crippen LogP contribution is 2.66. The smallest absolute Gasteiger partial charge is 0.252 e. The van der Waals surface area contributed by atoms with Crippen molar-refractivity contribution in [1.82, 2.24) is 0 Å². The summed E-state index contributed by atoms with van der Waals surface area (Å²) < 4.78 is 0. The van der Waals surface area contributed by atoms with Crippen LogP contribution in [0.15, 0.2) is 115 Å². The van der Waals surface area contributed by atoms with Crippen LogP contribution in [0.2, 0.25) is 0 Å². The molecule has 4 heteroatoms. The fraction of sp³-hybridized carbons (Fsp3) is 0.500. The van der Waals surface area contributed by atoms with E-state index in [2.05, 4.69) is 275 Å². The third-order valence-corrected chi connectivity index (χ3v) is 26.1. The maximum absolute atomic E-state index is 2.88. The first-order valence-electron chi connectivity index (χ1n) is 34.4. The summed E-state index contributed by atoms with van der Waals surface area (Å²) in [6.07, 6.45) is 11.5. The lowest BCUT2D eigenvalue weighted by atomic mass is 9.32. The Hall–Kier alpha value is -6.00. The molecule has 7 aromatic rings. The monoisotopic (exact) mass is 1160 g/mol. The molecule has 0 fully saturated rings. The molecule has 2 unspecified atom stereocenters. The van der Waals surface area contributed by atoms with Crippen LogP contribution in [0.5, 0.6) is 0 Å². The highest BCUT2D eigenvalue weighted by Gasteiger charge is 2.61. The third-order valence-electron chi connectivity index (χ3n) is 26.1. The Morgan fingerprint density at radius 3 is 1.16 bits per heavy atom. The molecule has 0 aromatic heterocycles. The lowest BCUT2D eigenvalue weighted by molar-refractivity contribution is 0.245. The summed E-state index contributed by atoms with van der Waals surface area (Å²) in [5.41, 5.74) is 32.4. The van der Waals surface area contributed by atoms with E-state index in [0.717, 1.165) is 25.7 Å². The number of hydrogen-bond donors (Lipinski definition) is 0. The molecule has 0 spiro atoms. The van der Waals surface area contributed by atoms with Gasteiger partial charge in [-0.3, -0.25) is 0 Å². The first-order chi connectivity index (χ1) is 40.9. The highest BCUT2D eigenvalue weighted by atomic mass is 15.3. The van der Waals surface area contributed by atoms with Crippen LogP contribution in [0.25, 0.3) is 0 Å². The fourth-order valence-electron chi connectivity index (χ4n) is 19.4. The molecule has 5 aliphatic carbocycles. The first-order valence-corrected chi connectivity index (χ1v) is 34.4. The molecule has 2 atom stereocenters. The molecule has 8 aliphatic rings. The van der Waals surface area contributed by atoms with Crippen molar-refractivity contribution in [2.24, 2.45) is 0 Å². The van der Waals surface area contributed by atoms with E-state index in [1.165, 1.54) is 167 Å². The minimum Gasteiger partial charge on any atom is -0.330 e. The van der Waals surface area contributed by atoms with Gasteiger partial charge in [-0.25, -0.2) is 0 Å². The second-order valence-corrected chi connectivity index (χ2v) is 36.3. The molecular weight excluding hydrogens is 1060 g/mol. The van der Waals surface area contributed by atoms with Crippen molar-refractivity contribution in [3.63, 3.8) is 0 Å². The van der Waals surface area contributed by atoms with Crippen LogP contribution >= 0.6 is 0 Å². The summed E-state index contributed by atoms with van der Waals surface area (Å²) in [5.74, 6) is 0. The van der Waals surface area contributed by atoms with E-state index in [1.807, 2.05) is 0 Å². The maximum Gasteiger partial charge on any atom is 0.252 e. The summed E-state index contributed by atoms with van der Waals surface area (Å²) in [7, 11) is 0. The SMILES string of the molecule is CC(C)(C)c1ccc2c(c1)C1(C)CCc3ccccc3C1(C)N2c1cc2c3c(c1)N(c1ccc4c(c1)C(C)(C)CCC4(C)C)c1cc4c(cc1B3c1cc3c(cc1N2c1ccc2c(c1)C(C)(C)CCC2(C)C)C(C)(C)CCC3(C)C)C(C)(C)CCC4(C)C. The molecule has 0 saturated carbocycles. The van der Waals surface area contributed by atoms with Crippen molar-refractivity contribution in [3.05, 3.63) is 182 Å². The van der Waals surface area contributed by atoms with E-state index < -0.39 is 5.54 Å². The Kier molecular flexibility index (Phi) is 11.9. The van der Waals surface area contributed by atoms with Crippen LogP contribution < -0.4 is 31.1 Å². The van der Waals surface area contributed by atoms with Gasteiger partial charge in [-0.1, -0.05) is 199 Å². The predicted octanol–water partition coefficient (Wildman–Crippen LogP) is 20.7. The molecule has 7 aromatic carbocycles. The molecule has 0 amide bonds. The Morgan fingerprint density at radius 2 is 0.727 bits per heavy atom. The minimum absolute atomic E-state index is 0.00215. The number of nitrogens with zero attached hydrogens (tertiary/aromatic N) is 3. The second kappa shape index (κ2) is 17.9. The van der Waals surface area contributed by atoms with Gasteiger partial charge in [0.15, 0.2) is 0 Å². The van der Waals surface area contributed by atoms with Crippen molar-refractivity contribution >= 4 is 68.6 Å². The molecule has 0 bridgehead atoms. The van der Waals surface area contributed by atoms with Crippen LogP contribution in [0.4, 0.5) is 45.5 Å². The van der Waals surface area contributed by atoms with Gasteiger partial charge in [0.05, 0.1) is 5.54 Å². The molecule has 456 valence electrons. The van der Waals surface area contributed by atoms with Gasteiger partial charge in [-0.2, -0.15) is 0 Å². The molecule has 15 rings (SSSR count). The van der Waals surface area contributed by atoms with E-state index >= 15 is 0 Å². The number of benzene rings is 7. The zero-order chi connectivity index (χ0) is 62.6. The van der Waals surface area contributed by atoms with Gasteiger partial charge in [0.1, 0.15) is 0 Å². The van der Waals surface area contributed by atoms with Crippen LogP contribution in [0.3, 0.4) is 0 Å². The van der Waals surface area contributed by atoms with Crippen molar-refractivity contribution in [1.29, 1.82) is 0 Å². The lowest BCUT2D eigenvalue weighted by Gasteiger charge is -2.52. The summed E-state index contributed by atoms with van der Waals surface area (Å²) in [4.78, 5) is 8.54. The molecule has 0 N–H and O–H groups in total. The Balaban J connectivity index is 1.13. The number of anilines is 8. The summed E-state index contributed by atoms with van der Waals surface area (Å²) in [5, 5.41) is 0.